The van der Waals surface area contributed by atoms with E-state index in [0.717, 1.165) is 5.56 Å². The number of ether oxygens (including phenoxy) is 1. The fourth-order valence-electron chi connectivity index (χ4n) is 2.83. The first-order valence-corrected chi connectivity index (χ1v) is 8.28. The van der Waals surface area contributed by atoms with Crippen LogP contribution in [0.2, 0.25) is 0 Å². The summed E-state index contributed by atoms with van der Waals surface area (Å²) in [6.45, 7) is 4.33. The fraction of sp³-hybridized carbons (Fsp3) is 0.143. The highest BCUT2D eigenvalue weighted by Crippen LogP contribution is 2.19. The molecule has 0 aliphatic carbocycles. The van der Waals surface area contributed by atoms with Gasteiger partial charge in [-0.25, -0.2) is 0 Å². The smallest absolute Gasteiger partial charge is 0.268 e. The number of nitrogens with zero attached hydrogens (tertiary/aromatic N) is 1. The molecule has 1 amide bonds. The summed E-state index contributed by atoms with van der Waals surface area (Å²) < 4.78 is 6.65. The maximum atomic E-state index is 12.8. The number of carbonyl (C=O) groups is 1. The molecule has 0 bridgehead atoms. The van der Waals surface area contributed by atoms with Crippen molar-refractivity contribution in [2.24, 2.45) is 0 Å². The number of aromatic nitrogens is 1. The van der Waals surface area contributed by atoms with Gasteiger partial charge in [0.25, 0.3) is 11.5 Å². The van der Waals surface area contributed by atoms with Crippen LogP contribution in [0.1, 0.15) is 16.1 Å². The van der Waals surface area contributed by atoms with E-state index in [1.807, 2.05) is 30.3 Å². The van der Waals surface area contributed by atoms with Crippen LogP contribution in [-0.2, 0) is 13.1 Å². The van der Waals surface area contributed by atoms with Gasteiger partial charge in [0.1, 0.15) is 11.4 Å². The van der Waals surface area contributed by atoms with Crippen molar-refractivity contribution < 1.29 is 9.53 Å². The summed E-state index contributed by atoms with van der Waals surface area (Å²) in [6.07, 6.45) is 1.60. The van der Waals surface area contributed by atoms with Gasteiger partial charge in [-0.15, -0.1) is 6.58 Å². The number of nitrogens with one attached hydrogen (secondary N) is 1. The van der Waals surface area contributed by atoms with Gasteiger partial charge in [-0.05, 0) is 35.2 Å². The van der Waals surface area contributed by atoms with Crippen LogP contribution >= 0.6 is 0 Å². The minimum absolute atomic E-state index is 0.227. The topological polar surface area (TPSA) is 60.3 Å². The molecule has 0 aliphatic rings. The first-order chi connectivity index (χ1) is 12.6. The third-order valence-electron chi connectivity index (χ3n) is 4.16. The van der Waals surface area contributed by atoms with Crippen LogP contribution in [0.3, 0.4) is 0 Å². The molecule has 3 aromatic rings. The van der Waals surface area contributed by atoms with E-state index < -0.39 is 0 Å². The van der Waals surface area contributed by atoms with E-state index in [9.17, 15) is 9.59 Å². The van der Waals surface area contributed by atoms with Gasteiger partial charge >= 0.3 is 0 Å². The summed E-state index contributed by atoms with van der Waals surface area (Å²) >= 11 is 0. The van der Waals surface area contributed by atoms with Gasteiger partial charge in [0.2, 0.25) is 0 Å². The fourth-order valence-corrected chi connectivity index (χ4v) is 2.83. The Hall–Kier alpha value is -3.34. The van der Waals surface area contributed by atoms with Gasteiger partial charge in [-0.2, -0.15) is 0 Å². The third-order valence-corrected chi connectivity index (χ3v) is 4.16. The van der Waals surface area contributed by atoms with Crippen LogP contribution in [-0.4, -0.2) is 17.6 Å². The van der Waals surface area contributed by atoms with E-state index in [-0.39, 0.29) is 18.0 Å². The van der Waals surface area contributed by atoms with Gasteiger partial charge in [-0.1, -0.05) is 36.4 Å². The Bertz CT molecular complexity index is 1010. The van der Waals surface area contributed by atoms with Crippen molar-refractivity contribution in [1.82, 2.24) is 9.88 Å². The number of pyridine rings is 1. The molecule has 1 heterocycles. The first kappa shape index (κ1) is 17.5. The van der Waals surface area contributed by atoms with Gasteiger partial charge in [0.15, 0.2) is 0 Å². The summed E-state index contributed by atoms with van der Waals surface area (Å²) in [5, 5.41) is 4.07. The maximum Gasteiger partial charge on any atom is 0.268 e. The van der Waals surface area contributed by atoms with Crippen molar-refractivity contribution in [3.8, 4) is 5.75 Å². The molecule has 0 unspecified atom stereocenters. The largest absolute Gasteiger partial charge is 0.497 e. The van der Waals surface area contributed by atoms with Crippen LogP contribution < -0.4 is 15.6 Å². The molecule has 3 rings (SSSR count). The molecule has 0 spiro atoms. The molecule has 0 fully saturated rings. The SMILES string of the molecule is C=CCn1c(C(=O)NCc2ccccc2)cc2cc(OC)ccc2c1=O. The lowest BCUT2D eigenvalue weighted by molar-refractivity contribution is 0.0941. The Morgan fingerprint density at radius 2 is 1.96 bits per heavy atom. The molecule has 1 aromatic heterocycles. The predicted molar refractivity (Wildman–Crippen MR) is 103 cm³/mol. The quantitative estimate of drug-likeness (QED) is 0.696. The van der Waals surface area contributed by atoms with Gasteiger partial charge in [0.05, 0.1) is 7.11 Å². The minimum atomic E-state index is -0.308. The Kier molecular flexibility index (Phi) is 5.17. The molecule has 0 atom stereocenters. The predicted octanol–water partition coefficient (Wildman–Crippen LogP) is 3.13. The van der Waals surface area contributed by atoms with E-state index >= 15 is 0 Å². The summed E-state index contributed by atoms with van der Waals surface area (Å²) in [4.78, 5) is 25.5. The van der Waals surface area contributed by atoms with Gasteiger partial charge < -0.3 is 10.1 Å². The van der Waals surface area contributed by atoms with Crippen molar-refractivity contribution in [1.29, 1.82) is 0 Å². The van der Waals surface area contributed by atoms with Crippen LogP contribution in [0.25, 0.3) is 10.8 Å². The summed E-state index contributed by atoms with van der Waals surface area (Å²) in [5.41, 5.74) is 1.06. The molecule has 5 nitrogen and oxygen atoms in total. The zero-order valence-corrected chi connectivity index (χ0v) is 14.6. The Balaban J connectivity index is 2.01. The van der Waals surface area contributed by atoms with Crippen LogP contribution in [0, 0.1) is 0 Å². The van der Waals surface area contributed by atoms with E-state index in [4.69, 9.17) is 4.74 Å². The minimum Gasteiger partial charge on any atom is -0.497 e. The summed E-state index contributed by atoms with van der Waals surface area (Å²) in [5.74, 6) is 0.325. The summed E-state index contributed by atoms with van der Waals surface area (Å²) in [6, 6.07) is 16.5. The average molecular weight is 348 g/mol. The number of hydrogen-bond acceptors (Lipinski definition) is 3. The highest BCUT2D eigenvalue weighted by atomic mass is 16.5. The molecule has 132 valence electrons. The lowest BCUT2D eigenvalue weighted by Gasteiger charge is -2.13. The Morgan fingerprint density at radius 3 is 2.65 bits per heavy atom. The lowest BCUT2D eigenvalue weighted by Crippen LogP contribution is -2.32. The molecular formula is C21H20N2O3. The van der Waals surface area contributed by atoms with Crippen molar-refractivity contribution in [2.45, 2.75) is 13.1 Å². The number of hydrogen-bond donors (Lipinski definition) is 1. The molecule has 0 radical (unpaired) electrons. The molecule has 0 saturated carbocycles. The number of benzene rings is 2. The van der Waals surface area contributed by atoms with Gasteiger partial charge in [0, 0.05) is 18.5 Å². The van der Waals surface area contributed by atoms with Crippen LogP contribution in [0.4, 0.5) is 0 Å². The normalized spacial score (nSPS) is 10.5. The second kappa shape index (κ2) is 7.70. The molecule has 2 aromatic carbocycles. The van der Waals surface area contributed by atoms with Crippen molar-refractivity contribution in [2.75, 3.05) is 7.11 Å². The van der Waals surface area contributed by atoms with Crippen LogP contribution in [0.5, 0.6) is 5.75 Å². The monoisotopic (exact) mass is 348 g/mol. The van der Waals surface area contributed by atoms with E-state index in [2.05, 4.69) is 11.9 Å². The first-order valence-electron chi connectivity index (χ1n) is 8.28. The summed E-state index contributed by atoms with van der Waals surface area (Å²) in [7, 11) is 1.56. The van der Waals surface area contributed by atoms with Crippen molar-refractivity contribution >= 4 is 16.7 Å². The highest BCUT2D eigenvalue weighted by molar-refractivity contribution is 5.97. The number of fused-ring (bicyclic) bond motifs is 1. The second-order valence-corrected chi connectivity index (χ2v) is 5.86. The van der Waals surface area contributed by atoms with Crippen molar-refractivity contribution in [3.63, 3.8) is 0 Å². The standard InChI is InChI=1S/C21H20N2O3/c1-3-11-23-19(20(24)22-14-15-7-5-4-6-8-15)13-16-12-17(26-2)9-10-18(16)21(23)25/h3-10,12-13H,1,11,14H2,2H3,(H,22,24). The zero-order valence-electron chi connectivity index (χ0n) is 14.6. The second-order valence-electron chi connectivity index (χ2n) is 5.86. The van der Waals surface area contributed by atoms with E-state index in [1.165, 1.54) is 4.57 Å². The number of carbonyl (C=O) groups excluding carboxylic acids is 1. The number of rotatable bonds is 6. The molecule has 1 N–H and O–H groups in total. The van der Waals surface area contributed by atoms with Gasteiger partial charge in [-0.3, -0.25) is 14.2 Å². The third kappa shape index (κ3) is 3.52. The molecule has 26 heavy (non-hydrogen) atoms. The molecular weight excluding hydrogens is 328 g/mol. The molecule has 0 aliphatic heterocycles. The van der Waals surface area contributed by atoms with E-state index in [0.29, 0.717) is 28.8 Å². The highest BCUT2D eigenvalue weighted by Gasteiger charge is 2.15. The Morgan fingerprint density at radius 1 is 1.19 bits per heavy atom. The lowest BCUT2D eigenvalue weighted by atomic mass is 10.1. The Labute approximate surface area is 151 Å². The van der Waals surface area contributed by atoms with Crippen molar-refractivity contribution in [3.05, 3.63) is 88.9 Å². The average Bonchev–Trinajstić information content (AvgIpc) is 2.68. The maximum absolute atomic E-state index is 12.8. The number of methoxy groups -OCH3 is 1. The van der Waals surface area contributed by atoms with E-state index in [1.54, 1.807) is 37.5 Å². The number of allylic oxidation sites excluding steroid dienone is 1. The van der Waals surface area contributed by atoms with Crippen LogP contribution in [0.15, 0.2) is 72.0 Å². The number of amides is 1. The molecule has 0 saturated heterocycles. The molecule has 5 heteroatoms. The zero-order chi connectivity index (χ0) is 18.5.